The van der Waals surface area contributed by atoms with Crippen molar-refractivity contribution in [1.82, 2.24) is 24.8 Å². The molecule has 3 aliphatic rings. The lowest BCUT2D eigenvalue weighted by molar-refractivity contribution is 0.0607. The third kappa shape index (κ3) is 5.42. The van der Waals surface area contributed by atoms with Crippen molar-refractivity contribution in [3.8, 4) is 0 Å². The lowest BCUT2D eigenvalue weighted by atomic mass is 9.98. The molecule has 2 aromatic heterocycles. The molecule has 40 heavy (non-hydrogen) atoms. The summed E-state index contributed by atoms with van der Waals surface area (Å²) in [7, 11) is 0. The van der Waals surface area contributed by atoms with Crippen LogP contribution in [-0.2, 0) is 11.4 Å². The predicted octanol–water partition coefficient (Wildman–Crippen LogP) is 2.44. The number of aliphatic hydroxyl groups excluding tert-OH is 1. The molecule has 11 nitrogen and oxygen atoms in total. The monoisotopic (exact) mass is 586 g/mol. The second kappa shape index (κ2) is 11.6. The SMILES string of the molecule is C[S+]([O-])Nc1ccc(Cl)cc1C(=O)N1CCCC[C@H]1c1cc2nc(N3CCC3)cc(N3CCNC(CO)C3)n2n1. The van der Waals surface area contributed by atoms with Gasteiger partial charge in [-0.1, -0.05) is 11.6 Å². The Balaban J connectivity index is 1.38. The van der Waals surface area contributed by atoms with Crippen LogP contribution in [0.3, 0.4) is 0 Å². The zero-order valence-corrected chi connectivity index (χ0v) is 24.1. The maximum absolute atomic E-state index is 14.0. The molecule has 214 valence electrons. The van der Waals surface area contributed by atoms with Gasteiger partial charge in [-0.3, -0.25) is 4.79 Å². The maximum atomic E-state index is 14.0. The number of halogens is 1. The molecule has 3 saturated heterocycles. The van der Waals surface area contributed by atoms with E-state index in [9.17, 15) is 14.5 Å². The number of carbonyl (C=O) groups is 1. The van der Waals surface area contributed by atoms with Crippen molar-refractivity contribution in [2.45, 2.75) is 37.8 Å². The molecule has 13 heteroatoms. The molecule has 2 unspecified atom stereocenters. The van der Waals surface area contributed by atoms with Crippen molar-refractivity contribution in [2.75, 3.05) is 66.7 Å². The first-order valence-corrected chi connectivity index (χ1v) is 15.8. The molecule has 3 N–H and O–H groups in total. The smallest absolute Gasteiger partial charge is 0.256 e. The first-order valence-electron chi connectivity index (χ1n) is 13.9. The number of aliphatic hydroxyl groups is 1. The van der Waals surface area contributed by atoms with Gasteiger partial charge in [-0.2, -0.15) is 9.61 Å². The van der Waals surface area contributed by atoms with Crippen molar-refractivity contribution < 1.29 is 14.5 Å². The number of aromatic nitrogens is 3. The fraction of sp³-hybridized carbons (Fsp3) is 0.519. The van der Waals surface area contributed by atoms with E-state index in [1.807, 2.05) is 15.5 Å². The molecular weight excluding hydrogens is 552 g/mol. The Morgan fingerprint density at radius 2 is 2.02 bits per heavy atom. The zero-order chi connectivity index (χ0) is 27.8. The van der Waals surface area contributed by atoms with Gasteiger partial charge in [0.1, 0.15) is 17.9 Å². The van der Waals surface area contributed by atoms with Gasteiger partial charge >= 0.3 is 0 Å². The van der Waals surface area contributed by atoms with Crippen LogP contribution in [0.2, 0.25) is 5.02 Å². The number of amides is 1. The van der Waals surface area contributed by atoms with Gasteiger partial charge in [0, 0.05) is 62.5 Å². The van der Waals surface area contributed by atoms with Gasteiger partial charge < -0.3 is 29.7 Å². The molecule has 1 aromatic carbocycles. The Hall–Kier alpha value is -2.77. The number of likely N-dealkylation sites (tertiary alicyclic amines) is 1. The van der Waals surface area contributed by atoms with E-state index < -0.39 is 11.4 Å². The van der Waals surface area contributed by atoms with E-state index >= 15 is 0 Å². The largest absolute Gasteiger partial charge is 0.593 e. The molecule has 0 bridgehead atoms. The zero-order valence-electron chi connectivity index (χ0n) is 22.6. The van der Waals surface area contributed by atoms with E-state index in [-0.39, 0.29) is 24.6 Å². The average molecular weight is 587 g/mol. The highest BCUT2D eigenvalue weighted by atomic mass is 35.5. The number of carbonyl (C=O) groups excluding carboxylic acids is 1. The van der Waals surface area contributed by atoms with Gasteiger partial charge in [-0.05, 0) is 43.9 Å². The van der Waals surface area contributed by atoms with Crippen LogP contribution in [0.5, 0.6) is 0 Å². The summed E-state index contributed by atoms with van der Waals surface area (Å²) in [5.41, 5.74) is 2.44. The van der Waals surface area contributed by atoms with Crippen LogP contribution in [0, 0.1) is 0 Å². The minimum atomic E-state index is -1.34. The number of hydrogen-bond acceptors (Lipinski definition) is 9. The lowest BCUT2D eigenvalue weighted by Gasteiger charge is -2.36. The fourth-order valence-electron chi connectivity index (χ4n) is 5.79. The van der Waals surface area contributed by atoms with E-state index in [0.29, 0.717) is 29.4 Å². The Morgan fingerprint density at radius 1 is 1.18 bits per heavy atom. The Labute approximate surface area is 241 Å². The third-order valence-electron chi connectivity index (χ3n) is 7.96. The van der Waals surface area contributed by atoms with E-state index in [1.54, 1.807) is 18.2 Å². The number of piperazine rings is 1. The Morgan fingerprint density at radius 3 is 2.77 bits per heavy atom. The van der Waals surface area contributed by atoms with Crippen LogP contribution in [0.15, 0.2) is 30.3 Å². The highest BCUT2D eigenvalue weighted by Crippen LogP contribution is 2.35. The maximum Gasteiger partial charge on any atom is 0.256 e. The average Bonchev–Trinajstić information content (AvgIpc) is 3.36. The molecule has 0 spiro atoms. The summed E-state index contributed by atoms with van der Waals surface area (Å²) in [6.45, 7) is 4.85. The second-order valence-corrected chi connectivity index (χ2v) is 12.2. The molecule has 0 saturated carbocycles. The van der Waals surface area contributed by atoms with E-state index in [4.69, 9.17) is 21.7 Å². The minimum Gasteiger partial charge on any atom is -0.593 e. The van der Waals surface area contributed by atoms with Crippen LogP contribution >= 0.6 is 11.6 Å². The molecular formula is C27H35ClN8O3S. The summed E-state index contributed by atoms with van der Waals surface area (Å²) >= 11 is 4.95. The standard InChI is InChI=1S/C27H35ClN8O3S/c1-40(39)32-21-7-6-18(28)13-20(21)27(38)35-11-3-2-5-23(35)22-14-25-30-24(33-9-4-10-33)15-26(36(25)31-22)34-12-8-29-19(16-34)17-37/h6-7,13-15,19,23,29,32,37H,2-5,8-12,16-17H2,1H3/t19?,23-,40?/m0/s1. The van der Waals surface area contributed by atoms with Gasteiger partial charge in [-0.25, -0.2) is 9.71 Å². The lowest BCUT2D eigenvalue weighted by Crippen LogP contribution is -2.53. The van der Waals surface area contributed by atoms with Crippen LogP contribution in [0.1, 0.15) is 47.8 Å². The Bertz CT molecular complexity index is 1380. The first-order chi connectivity index (χ1) is 19.4. The highest BCUT2D eigenvalue weighted by Gasteiger charge is 2.33. The van der Waals surface area contributed by atoms with Crippen molar-refractivity contribution in [3.05, 3.63) is 46.6 Å². The summed E-state index contributed by atoms with van der Waals surface area (Å²) in [6, 6.07) is 8.88. The van der Waals surface area contributed by atoms with E-state index in [0.717, 1.165) is 74.8 Å². The van der Waals surface area contributed by atoms with Gasteiger partial charge in [0.25, 0.3) is 5.91 Å². The quantitative estimate of drug-likeness (QED) is 0.358. The van der Waals surface area contributed by atoms with Crippen LogP contribution in [0.4, 0.5) is 17.3 Å². The molecule has 6 rings (SSSR count). The van der Waals surface area contributed by atoms with Crippen LogP contribution < -0.4 is 19.8 Å². The third-order valence-corrected chi connectivity index (χ3v) is 8.71. The number of piperidine rings is 1. The molecule has 3 aromatic rings. The van der Waals surface area contributed by atoms with E-state index in [1.165, 1.54) is 6.26 Å². The molecule has 3 aliphatic heterocycles. The second-order valence-electron chi connectivity index (χ2n) is 10.7. The normalized spacial score (nSPS) is 22.4. The van der Waals surface area contributed by atoms with Crippen molar-refractivity contribution in [1.29, 1.82) is 0 Å². The summed E-state index contributed by atoms with van der Waals surface area (Å²) in [5, 5.41) is 18.7. The van der Waals surface area contributed by atoms with Crippen molar-refractivity contribution >= 4 is 51.8 Å². The van der Waals surface area contributed by atoms with E-state index in [2.05, 4.69) is 25.9 Å². The summed E-state index contributed by atoms with van der Waals surface area (Å²) < 4.78 is 16.7. The summed E-state index contributed by atoms with van der Waals surface area (Å²) in [6.07, 6.45) is 5.34. The number of nitrogens with one attached hydrogen (secondary N) is 2. The number of rotatable bonds is 7. The predicted molar refractivity (Wildman–Crippen MR) is 158 cm³/mol. The van der Waals surface area contributed by atoms with Crippen LogP contribution in [-0.4, -0.2) is 93.2 Å². The van der Waals surface area contributed by atoms with Crippen molar-refractivity contribution in [3.63, 3.8) is 0 Å². The molecule has 3 fully saturated rings. The molecule has 3 atom stereocenters. The number of benzene rings is 1. The molecule has 0 radical (unpaired) electrons. The summed E-state index contributed by atoms with van der Waals surface area (Å²) in [5.74, 6) is 1.70. The van der Waals surface area contributed by atoms with Gasteiger partial charge in [0.2, 0.25) is 0 Å². The topological polar surface area (TPSA) is 124 Å². The van der Waals surface area contributed by atoms with Gasteiger partial charge in [0.15, 0.2) is 5.65 Å². The molecule has 0 aliphatic carbocycles. The minimum absolute atomic E-state index is 0.0103. The van der Waals surface area contributed by atoms with Gasteiger partial charge in [-0.15, -0.1) is 0 Å². The number of fused-ring (bicyclic) bond motifs is 1. The van der Waals surface area contributed by atoms with Crippen molar-refractivity contribution in [2.24, 2.45) is 0 Å². The molecule has 1 amide bonds. The Kier molecular flexibility index (Phi) is 7.95. The number of anilines is 3. The fourth-order valence-corrected chi connectivity index (χ4v) is 6.45. The number of hydrogen-bond donors (Lipinski definition) is 3. The first kappa shape index (κ1) is 27.4. The highest BCUT2D eigenvalue weighted by molar-refractivity contribution is 7.92. The van der Waals surface area contributed by atoms with Gasteiger partial charge in [0.05, 0.1) is 41.0 Å². The van der Waals surface area contributed by atoms with Crippen LogP contribution in [0.25, 0.3) is 5.65 Å². The molecule has 5 heterocycles. The summed E-state index contributed by atoms with van der Waals surface area (Å²) in [4.78, 5) is 25.3. The number of nitrogens with zero attached hydrogens (tertiary/aromatic N) is 6.